The molecule has 3 nitrogen and oxygen atoms in total. The standard InChI is InChI=1S/C14H16ClN3S/c1-9(2)7-19-14-12(13(16)17-8-18-14)10-3-5-11(15)6-4-10/h3-6,8-9H,7H2,1-2H3,(H2,16,17,18). The maximum Gasteiger partial charge on any atom is 0.135 e. The zero-order chi connectivity index (χ0) is 13.8. The summed E-state index contributed by atoms with van der Waals surface area (Å²) in [5.74, 6) is 2.10. The highest BCUT2D eigenvalue weighted by Crippen LogP contribution is 2.34. The summed E-state index contributed by atoms with van der Waals surface area (Å²) in [5, 5.41) is 1.62. The first kappa shape index (κ1) is 14.2. The Hall–Kier alpha value is -1.26. The van der Waals surface area contributed by atoms with E-state index in [2.05, 4.69) is 23.8 Å². The lowest BCUT2D eigenvalue weighted by atomic mass is 10.1. The van der Waals surface area contributed by atoms with Gasteiger partial charge in [-0.05, 0) is 23.6 Å². The van der Waals surface area contributed by atoms with E-state index in [1.165, 1.54) is 6.33 Å². The van der Waals surface area contributed by atoms with Crippen molar-refractivity contribution < 1.29 is 0 Å². The fraction of sp³-hybridized carbons (Fsp3) is 0.286. The third-order valence-electron chi connectivity index (χ3n) is 2.53. The van der Waals surface area contributed by atoms with Crippen LogP contribution in [0.5, 0.6) is 0 Å². The molecule has 0 atom stereocenters. The van der Waals surface area contributed by atoms with Gasteiger partial charge in [0.25, 0.3) is 0 Å². The molecular formula is C14H16ClN3S. The number of nitrogens with zero attached hydrogens (tertiary/aromatic N) is 2. The van der Waals surface area contributed by atoms with Crippen LogP contribution in [0.15, 0.2) is 35.6 Å². The van der Waals surface area contributed by atoms with Crippen molar-refractivity contribution in [1.29, 1.82) is 0 Å². The van der Waals surface area contributed by atoms with Crippen molar-refractivity contribution in [3.8, 4) is 11.1 Å². The number of hydrogen-bond acceptors (Lipinski definition) is 4. The van der Waals surface area contributed by atoms with Gasteiger partial charge in [-0.15, -0.1) is 11.8 Å². The molecule has 0 bridgehead atoms. The second-order valence-electron chi connectivity index (χ2n) is 4.65. The quantitative estimate of drug-likeness (QED) is 0.680. The van der Waals surface area contributed by atoms with E-state index in [9.17, 15) is 0 Å². The Labute approximate surface area is 122 Å². The van der Waals surface area contributed by atoms with Crippen LogP contribution in [0.25, 0.3) is 11.1 Å². The summed E-state index contributed by atoms with van der Waals surface area (Å²) < 4.78 is 0. The predicted molar refractivity (Wildman–Crippen MR) is 82.5 cm³/mol. The molecule has 0 aliphatic rings. The highest BCUT2D eigenvalue weighted by atomic mass is 35.5. The molecule has 1 aromatic carbocycles. The van der Waals surface area contributed by atoms with E-state index in [4.69, 9.17) is 17.3 Å². The maximum absolute atomic E-state index is 6.00. The molecule has 2 rings (SSSR count). The van der Waals surface area contributed by atoms with Crippen molar-refractivity contribution in [2.24, 2.45) is 5.92 Å². The molecule has 0 fully saturated rings. The number of rotatable bonds is 4. The minimum Gasteiger partial charge on any atom is -0.383 e. The fourth-order valence-corrected chi connectivity index (χ4v) is 2.73. The van der Waals surface area contributed by atoms with Crippen molar-refractivity contribution in [1.82, 2.24) is 9.97 Å². The molecule has 100 valence electrons. The molecule has 1 aromatic heterocycles. The zero-order valence-corrected chi connectivity index (χ0v) is 12.5. The Morgan fingerprint density at radius 2 is 1.89 bits per heavy atom. The molecule has 2 N–H and O–H groups in total. The second kappa shape index (κ2) is 6.26. The highest BCUT2D eigenvalue weighted by molar-refractivity contribution is 7.99. The molecular weight excluding hydrogens is 278 g/mol. The fourth-order valence-electron chi connectivity index (χ4n) is 1.63. The van der Waals surface area contributed by atoms with Gasteiger partial charge in [0.2, 0.25) is 0 Å². The lowest BCUT2D eigenvalue weighted by Crippen LogP contribution is -2.00. The average molecular weight is 294 g/mol. The van der Waals surface area contributed by atoms with Crippen LogP contribution in [-0.4, -0.2) is 15.7 Å². The van der Waals surface area contributed by atoms with Crippen molar-refractivity contribution in [2.75, 3.05) is 11.5 Å². The number of anilines is 1. The molecule has 0 saturated heterocycles. The Morgan fingerprint density at radius 3 is 2.53 bits per heavy atom. The number of nitrogen functional groups attached to an aromatic ring is 1. The summed E-state index contributed by atoms with van der Waals surface area (Å²) in [6, 6.07) is 7.58. The van der Waals surface area contributed by atoms with Crippen molar-refractivity contribution in [3.63, 3.8) is 0 Å². The third-order valence-corrected chi connectivity index (χ3v) is 4.20. The molecule has 2 aromatic rings. The van der Waals surface area contributed by atoms with Gasteiger partial charge in [0.15, 0.2) is 0 Å². The van der Waals surface area contributed by atoms with Crippen LogP contribution in [0.1, 0.15) is 13.8 Å². The summed E-state index contributed by atoms with van der Waals surface area (Å²) >= 11 is 7.62. The van der Waals surface area contributed by atoms with Gasteiger partial charge in [-0.3, -0.25) is 0 Å². The Kier molecular flexibility index (Phi) is 4.66. The SMILES string of the molecule is CC(C)CSc1ncnc(N)c1-c1ccc(Cl)cc1. The average Bonchev–Trinajstić information content (AvgIpc) is 2.38. The van der Waals surface area contributed by atoms with Gasteiger partial charge >= 0.3 is 0 Å². The summed E-state index contributed by atoms with van der Waals surface area (Å²) in [4.78, 5) is 8.44. The molecule has 19 heavy (non-hydrogen) atoms. The van der Waals surface area contributed by atoms with Crippen LogP contribution >= 0.6 is 23.4 Å². The van der Waals surface area contributed by atoms with Crippen molar-refractivity contribution >= 4 is 29.2 Å². The third kappa shape index (κ3) is 3.61. The van der Waals surface area contributed by atoms with Gasteiger partial charge in [-0.1, -0.05) is 37.6 Å². The van der Waals surface area contributed by atoms with Crippen LogP contribution in [0.3, 0.4) is 0 Å². The van der Waals surface area contributed by atoms with E-state index < -0.39 is 0 Å². The number of benzene rings is 1. The molecule has 0 aliphatic carbocycles. The molecule has 1 heterocycles. The van der Waals surface area contributed by atoms with Crippen LogP contribution in [0.2, 0.25) is 5.02 Å². The minimum absolute atomic E-state index is 0.503. The van der Waals surface area contributed by atoms with Gasteiger partial charge in [0, 0.05) is 10.8 Å². The van der Waals surface area contributed by atoms with E-state index >= 15 is 0 Å². The predicted octanol–water partition coefficient (Wildman–Crippen LogP) is 4.13. The van der Waals surface area contributed by atoms with E-state index in [1.807, 2.05) is 24.3 Å². The van der Waals surface area contributed by atoms with Gasteiger partial charge in [0.1, 0.15) is 17.2 Å². The van der Waals surface area contributed by atoms with Crippen molar-refractivity contribution in [2.45, 2.75) is 18.9 Å². The number of aromatic nitrogens is 2. The van der Waals surface area contributed by atoms with Gasteiger partial charge in [0.05, 0.1) is 5.56 Å². The lowest BCUT2D eigenvalue weighted by Gasteiger charge is -2.11. The Bertz CT molecular complexity index is 555. The monoisotopic (exact) mass is 293 g/mol. The van der Waals surface area contributed by atoms with Crippen molar-refractivity contribution in [3.05, 3.63) is 35.6 Å². The van der Waals surface area contributed by atoms with Gasteiger partial charge < -0.3 is 5.73 Å². The minimum atomic E-state index is 0.503. The van der Waals surface area contributed by atoms with Gasteiger partial charge in [-0.25, -0.2) is 9.97 Å². The summed E-state index contributed by atoms with van der Waals surface area (Å²) in [6.45, 7) is 4.36. The topological polar surface area (TPSA) is 51.8 Å². The van der Waals surface area contributed by atoms with E-state index in [0.29, 0.717) is 16.8 Å². The first-order valence-electron chi connectivity index (χ1n) is 6.07. The van der Waals surface area contributed by atoms with E-state index in [1.54, 1.807) is 11.8 Å². The molecule has 0 radical (unpaired) electrons. The Morgan fingerprint density at radius 1 is 1.21 bits per heavy atom. The van der Waals surface area contributed by atoms with Crippen LogP contribution in [-0.2, 0) is 0 Å². The van der Waals surface area contributed by atoms with Crippen LogP contribution in [0.4, 0.5) is 5.82 Å². The first-order chi connectivity index (χ1) is 9.08. The molecule has 0 aliphatic heterocycles. The number of thioether (sulfide) groups is 1. The first-order valence-corrected chi connectivity index (χ1v) is 7.43. The number of halogens is 1. The molecule has 0 unspecified atom stereocenters. The smallest absolute Gasteiger partial charge is 0.135 e. The lowest BCUT2D eigenvalue weighted by molar-refractivity contribution is 0.749. The van der Waals surface area contributed by atoms with Gasteiger partial charge in [-0.2, -0.15) is 0 Å². The Balaban J connectivity index is 2.40. The molecule has 0 amide bonds. The highest BCUT2D eigenvalue weighted by Gasteiger charge is 2.12. The largest absolute Gasteiger partial charge is 0.383 e. The summed E-state index contributed by atoms with van der Waals surface area (Å²) in [6.07, 6.45) is 1.51. The molecule has 0 spiro atoms. The molecule has 0 saturated carbocycles. The van der Waals surface area contributed by atoms with Crippen LogP contribution < -0.4 is 5.73 Å². The van der Waals surface area contributed by atoms with E-state index in [0.717, 1.165) is 21.9 Å². The number of nitrogens with two attached hydrogens (primary N) is 1. The number of hydrogen-bond donors (Lipinski definition) is 1. The maximum atomic E-state index is 6.00. The normalized spacial score (nSPS) is 10.9. The summed E-state index contributed by atoms with van der Waals surface area (Å²) in [7, 11) is 0. The zero-order valence-electron chi connectivity index (χ0n) is 10.9. The summed E-state index contributed by atoms with van der Waals surface area (Å²) in [5.41, 5.74) is 7.89. The van der Waals surface area contributed by atoms with E-state index in [-0.39, 0.29) is 0 Å². The molecule has 5 heteroatoms. The van der Waals surface area contributed by atoms with Crippen LogP contribution in [0, 0.1) is 5.92 Å². The second-order valence-corrected chi connectivity index (χ2v) is 6.10.